The van der Waals surface area contributed by atoms with Crippen LogP contribution in [0.2, 0.25) is 0 Å². The highest BCUT2D eigenvalue weighted by molar-refractivity contribution is 6.10. The lowest BCUT2D eigenvalue weighted by Crippen LogP contribution is -2.55. The van der Waals surface area contributed by atoms with Crippen LogP contribution in [0.3, 0.4) is 0 Å². The average molecular weight is 438 g/mol. The van der Waals surface area contributed by atoms with E-state index in [0.717, 1.165) is 5.56 Å². The molecule has 0 radical (unpaired) electrons. The van der Waals surface area contributed by atoms with Crippen LogP contribution in [0.5, 0.6) is 11.5 Å². The number of urea groups is 1. The summed E-state index contributed by atoms with van der Waals surface area (Å²) in [6, 6.07) is 11.3. The molecule has 0 unspecified atom stereocenters. The van der Waals surface area contributed by atoms with E-state index in [-0.39, 0.29) is 37.6 Å². The van der Waals surface area contributed by atoms with E-state index in [1.165, 1.54) is 4.90 Å². The summed E-state index contributed by atoms with van der Waals surface area (Å²) in [5, 5.41) is 8.47. The molecule has 0 spiro atoms. The van der Waals surface area contributed by atoms with Gasteiger partial charge in [0.1, 0.15) is 12.6 Å². The second-order valence-corrected chi connectivity index (χ2v) is 7.87. The van der Waals surface area contributed by atoms with E-state index in [9.17, 15) is 14.4 Å². The molecule has 2 heterocycles. The molecule has 32 heavy (non-hydrogen) atoms. The fourth-order valence-corrected chi connectivity index (χ4v) is 3.68. The molecule has 4 rings (SSSR count). The summed E-state index contributed by atoms with van der Waals surface area (Å²) in [7, 11) is 0. The first-order chi connectivity index (χ1) is 15.5. The van der Waals surface area contributed by atoms with Crippen LogP contribution in [0.4, 0.5) is 16.2 Å². The molecule has 9 nitrogen and oxygen atoms in total. The lowest BCUT2D eigenvalue weighted by molar-refractivity contribution is -0.124. The van der Waals surface area contributed by atoms with Gasteiger partial charge in [0, 0.05) is 6.54 Å². The van der Waals surface area contributed by atoms with Crippen molar-refractivity contribution in [3.63, 3.8) is 0 Å². The minimum Gasteiger partial charge on any atom is -0.454 e. The van der Waals surface area contributed by atoms with Gasteiger partial charge in [-0.2, -0.15) is 0 Å². The zero-order chi connectivity index (χ0) is 22.7. The number of rotatable bonds is 6. The van der Waals surface area contributed by atoms with Gasteiger partial charge in [-0.1, -0.05) is 38.5 Å². The summed E-state index contributed by atoms with van der Waals surface area (Å²) >= 11 is 0. The van der Waals surface area contributed by atoms with Gasteiger partial charge in [-0.15, -0.1) is 0 Å². The Morgan fingerprint density at radius 2 is 1.94 bits per heavy atom. The number of carbonyl (C=O) groups excluding carboxylic acids is 3. The molecule has 2 atom stereocenters. The summed E-state index contributed by atoms with van der Waals surface area (Å²) in [5.74, 6) is 0.636. The van der Waals surface area contributed by atoms with E-state index in [1.807, 2.05) is 26.0 Å². The maximum atomic E-state index is 13.1. The number of fused-ring (bicyclic) bond motifs is 2. The number of hydrogen-bond donors (Lipinski definition) is 3. The first-order valence-corrected chi connectivity index (χ1v) is 10.6. The number of ether oxygens (including phenoxy) is 2. The molecule has 0 aliphatic carbocycles. The van der Waals surface area contributed by atoms with Crippen LogP contribution < -0.4 is 30.3 Å². The molecule has 0 bridgehead atoms. The van der Waals surface area contributed by atoms with Crippen molar-refractivity contribution in [2.45, 2.75) is 32.9 Å². The third-order valence-electron chi connectivity index (χ3n) is 5.69. The minimum atomic E-state index is -0.751. The third kappa shape index (κ3) is 4.46. The molecule has 0 fully saturated rings. The van der Waals surface area contributed by atoms with Crippen molar-refractivity contribution in [2.75, 3.05) is 23.6 Å². The Morgan fingerprint density at radius 3 is 2.75 bits per heavy atom. The van der Waals surface area contributed by atoms with Crippen LogP contribution in [0, 0.1) is 5.92 Å². The summed E-state index contributed by atoms with van der Waals surface area (Å²) in [6.07, 6.45) is 0.694. The van der Waals surface area contributed by atoms with Gasteiger partial charge in [-0.3, -0.25) is 14.5 Å². The lowest BCUT2D eigenvalue weighted by Gasteiger charge is -2.32. The van der Waals surface area contributed by atoms with Crippen molar-refractivity contribution in [3.05, 3.63) is 48.0 Å². The smallest absolute Gasteiger partial charge is 0.323 e. The summed E-state index contributed by atoms with van der Waals surface area (Å²) in [6.45, 7) is 4.22. The highest BCUT2D eigenvalue weighted by Gasteiger charge is 2.31. The van der Waals surface area contributed by atoms with Gasteiger partial charge in [0.15, 0.2) is 11.5 Å². The first-order valence-electron chi connectivity index (χ1n) is 10.6. The molecular weight excluding hydrogens is 412 g/mol. The number of benzene rings is 2. The van der Waals surface area contributed by atoms with Crippen molar-refractivity contribution in [1.29, 1.82) is 0 Å². The summed E-state index contributed by atoms with van der Waals surface area (Å²) in [4.78, 5) is 39.5. The van der Waals surface area contributed by atoms with Gasteiger partial charge >= 0.3 is 6.03 Å². The Morgan fingerprint density at radius 1 is 1.16 bits per heavy atom. The normalized spacial score (nSPS) is 15.9. The Hall–Kier alpha value is -3.75. The monoisotopic (exact) mass is 438 g/mol. The zero-order valence-corrected chi connectivity index (χ0v) is 18.0. The predicted molar refractivity (Wildman–Crippen MR) is 119 cm³/mol. The molecule has 0 aromatic heterocycles. The van der Waals surface area contributed by atoms with Gasteiger partial charge in [0.05, 0.1) is 11.4 Å². The number of amides is 4. The molecule has 0 saturated carbocycles. The summed E-state index contributed by atoms with van der Waals surface area (Å²) < 4.78 is 10.7. The molecule has 168 valence electrons. The molecular formula is C23H26N4O5. The Labute approximate surface area is 186 Å². The van der Waals surface area contributed by atoms with E-state index in [4.69, 9.17) is 9.47 Å². The van der Waals surface area contributed by atoms with Gasteiger partial charge < -0.3 is 25.4 Å². The van der Waals surface area contributed by atoms with Gasteiger partial charge in [0.2, 0.25) is 18.6 Å². The number of para-hydroxylation sites is 2. The second kappa shape index (κ2) is 9.17. The molecule has 4 amide bonds. The number of carbonyl (C=O) groups is 3. The van der Waals surface area contributed by atoms with Crippen LogP contribution in [0.25, 0.3) is 0 Å². The zero-order valence-electron chi connectivity index (χ0n) is 18.0. The number of nitrogens with one attached hydrogen (secondary N) is 3. The quantitative estimate of drug-likeness (QED) is 0.642. The largest absolute Gasteiger partial charge is 0.454 e. The fourth-order valence-electron chi connectivity index (χ4n) is 3.68. The lowest BCUT2D eigenvalue weighted by atomic mass is 9.98. The predicted octanol–water partition coefficient (Wildman–Crippen LogP) is 2.61. The average Bonchev–Trinajstić information content (AvgIpc) is 3.27. The van der Waals surface area contributed by atoms with E-state index in [0.29, 0.717) is 29.3 Å². The topological polar surface area (TPSA) is 109 Å². The number of hydrogen-bond acceptors (Lipinski definition) is 5. The Balaban J connectivity index is 1.44. The molecule has 2 aromatic carbocycles. The first kappa shape index (κ1) is 21.5. The molecule has 3 N–H and O–H groups in total. The van der Waals surface area contributed by atoms with Crippen molar-refractivity contribution in [3.8, 4) is 11.5 Å². The highest BCUT2D eigenvalue weighted by Crippen LogP contribution is 2.32. The number of anilines is 2. The van der Waals surface area contributed by atoms with Crippen molar-refractivity contribution < 1.29 is 23.9 Å². The Kier molecular flexibility index (Phi) is 6.16. The number of nitrogens with zero attached hydrogens (tertiary/aromatic N) is 1. The summed E-state index contributed by atoms with van der Waals surface area (Å²) in [5.41, 5.74) is 2.01. The maximum absolute atomic E-state index is 13.1. The van der Waals surface area contributed by atoms with Gasteiger partial charge in [-0.25, -0.2) is 4.79 Å². The molecule has 2 aromatic rings. The highest BCUT2D eigenvalue weighted by atomic mass is 16.7. The van der Waals surface area contributed by atoms with Gasteiger partial charge in [0.25, 0.3) is 0 Å². The van der Waals surface area contributed by atoms with Crippen molar-refractivity contribution in [1.82, 2.24) is 10.6 Å². The maximum Gasteiger partial charge on any atom is 0.323 e. The minimum absolute atomic E-state index is 0.107. The second-order valence-electron chi connectivity index (χ2n) is 7.87. The standard InChI is InChI=1S/C23H26N4O5/c1-3-14(2)21(22(29)24-11-15-8-9-18-19(10-15)32-13-31-18)26-23(30)27-12-20(28)25-16-6-4-5-7-17(16)27/h4-10,14,21H,3,11-13H2,1-2H3,(H,24,29)(H,25,28)(H,26,30)/t14-,21+/m1/s1. The van der Waals surface area contributed by atoms with Gasteiger partial charge in [-0.05, 0) is 35.7 Å². The van der Waals surface area contributed by atoms with Crippen molar-refractivity contribution in [2.24, 2.45) is 5.92 Å². The van der Waals surface area contributed by atoms with Crippen LogP contribution in [-0.4, -0.2) is 37.2 Å². The van der Waals surface area contributed by atoms with E-state index in [2.05, 4.69) is 16.0 Å². The molecule has 0 saturated heterocycles. The van der Waals surface area contributed by atoms with E-state index < -0.39 is 12.1 Å². The van der Waals surface area contributed by atoms with Crippen LogP contribution in [0.1, 0.15) is 25.8 Å². The SMILES string of the molecule is CC[C@@H](C)[C@H](NC(=O)N1CC(=O)Nc2ccccc21)C(=O)NCc1ccc2c(c1)OCO2. The molecule has 2 aliphatic heterocycles. The fraction of sp³-hybridized carbons (Fsp3) is 0.348. The van der Waals surface area contributed by atoms with Crippen LogP contribution in [0.15, 0.2) is 42.5 Å². The van der Waals surface area contributed by atoms with E-state index >= 15 is 0 Å². The van der Waals surface area contributed by atoms with E-state index in [1.54, 1.807) is 30.3 Å². The molecule has 9 heteroatoms. The molecule has 2 aliphatic rings. The van der Waals surface area contributed by atoms with Crippen molar-refractivity contribution >= 4 is 29.2 Å². The Bertz CT molecular complexity index is 1040. The third-order valence-corrected chi connectivity index (χ3v) is 5.69. The van der Waals surface area contributed by atoms with Crippen LogP contribution >= 0.6 is 0 Å². The van der Waals surface area contributed by atoms with Crippen LogP contribution in [-0.2, 0) is 16.1 Å².